The maximum absolute atomic E-state index is 7.19. The highest BCUT2D eigenvalue weighted by Gasteiger charge is 2.52. The topological polar surface area (TPSA) is 83.1 Å². The molecule has 0 bridgehead atoms. The van der Waals surface area contributed by atoms with Crippen LogP contribution in [0.5, 0.6) is 0 Å². The molecule has 58 heavy (non-hydrogen) atoms. The summed E-state index contributed by atoms with van der Waals surface area (Å²) in [7, 11) is 0. The Morgan fingerprint density at radius 3 is 1.28 bits per heavy atom. The Bertz CT molecular complexity index is 1880. The largest absolute Gasteiger partial charge is 0.368 e. The van der Waals surface area contributed by atoms with E-state index in [9.17, 15) is 0 Å². The van der Waals surface area contributed by atoms with E-state index < -0.39 is 55.3 Å². The van der Waals surface area contributed by atoms with E-state index in [4.69, 9.17) is 42.6 Å². The molecule has 0 aromatic heterocycles. The highest BCUT2D eigenvalue weighted by Crippen LogP contribution is 2.35. The monoisotopic (exact) mass is 786 g/mol. The van der Waals surface area contributed by atoms with E-state index in [0.717, 1.165) is 27.8 Å². The molecule has 2 heterocycles. The third-order valence-electron chi connectivity index (χ3n) is 10.2. The minimum Gasteiger partial charge on any atom is -0.368 e. The van der Waals surface area contributed by atoms with E-state index in [-0.39, 0.29) is 13.2 Å². The first-order valence-electron chi connectivity index (χ1n) is 20.1. The molecule has 2 fully saturated rings. The van der Waals surface area contributed by atoms with E-state index >= 15 is 0 Å². The van der Waals surface area contributed by atoms with Gasteiger partial charge in [-0.1, -0.05) is 158 Å². The lowest BCUT2D eigenvalue weighted by Gasteiger charge is -2.48. The van der Waals surface area contributed by atoms with Gasteiger partial charge in [-0.25, -0.2) is 0 Å². The summed E-state index contributed by atoms with van der Waals surface area (Å²) >= 11 is 0. The van der Waals surface area contributed by atoms with Crippen LogP contribution in [0, 0.1) is 0 Å². The average Bonchev–Trinajstić information content (AvgIpc) is 3.28. The molecule has 0 spiro atoms. The summed E-state index contributed by atoms with van der Waals surface area (Å²) in [6.07, 6.45) is -4.30. The van der Waals surface area contributed by atoms with Gasteiger partial charge in [-0.15, -0.1) is 6.58 Å². The molecule has 0 aliphatic carbocycles. The zero-order chi connectivity index (χ0) is 39.8. The molecule has 9 nitrogen and oxygen atoms in total. The second kappa shape index (κ2) is 22.0. The van der Waals surface area contributed by atoms with Crippen LogP contribution in [0.1, 0.15) is 34.7 Å². The van der Waals surface area contributed by atoms with Gasteiger partial charge in [0.15, 0.2) is 12.6 Å². The summed E-state index contributed by atoms with van der Waals surface area (Å²) in [5.74, 6) is 0. The van der Waals surface area contributed by atoms with E-state index in [1.165, 1.54) is 0 Å². The molecular formula is C49H54O9. The zero-order valence-electron chi connectivity index (χ0n) is 33.0. The summed E-state index contributed by atoms with van der Waals surface area (Å²) < 4.78 is 60.3. The highest BCUT2D eigenvalue weighted by atomic mass is 16.8. The fraction of sp³-hybridized carbons (Fsp3) is 0.347. The van der Waals surface area contributed by atoms with E-state index in [1.54, 1.807) is 6.08 Å². The SMILES string of the molecule is C=CCO[C@H]1OC[C@@H](OCc2ccccc2)[C@H](O[C@@H]2O[C@@H](C)[C@H](OCc3ccccc3)[C@@H](OCc3ccccc3)[C@H]2OCc2ccccc2)[C@H]1OCc1ccccc1. The van der Waals surface area contributed by atoms with Crippen LogP contribution in [0.4, 0.5) is 0 Å². The third-order valence-corrected chi connectivity index (χ3v) is 10.2. The number of hydrogen-bond acceptors (Lipinski definition) is 9. The Balaban J connectivity index is 1.22. The minimum absolute atomic E-state index is 0.194. The zero-order valence-corrected chi connectivity index (χ0v) is 33.0. The Kier molecular flexibility index (Phi) is 15.8. The van der Waals surface area contributed by atoms with Crippen molar-refractivity contribution in [1.82, 2.24) is 0 Å². The molecule has 2 aliphatic heterocycles. The van der Waals surface area contributed by atoms with Crippen LogP contribution in [0.15, 0.2) is 164 Å². The van der Waals surface area contributed by atoms with Crippen molar-refractivity contribution >= 4 is 0 Å². The second-order valence-electron chi connectivity index (χ2n) is 14.5. The van der Waals surface area contributed by atoms with Gasteiger partial charge in [0.25, 0.3) is 0 Å². The van der Waals surface area contributed by atoms with Crippen LogP contribution >= 0.6 is 0 Å². The molecule has 9 heteroatoms. The van der Waals surface area contributed by atoms with Crippen LogP contribution in [0.25, 0.3) is 0 Å². The maximum atomic E-state index is 7.19. The van der Waals surface area contributed by atoms with Crippen LogP contribution in [-0.4, -0.2) is 68.5 Å². The smallest absolute Gasteiger partial charge is 0.187 e. The molecule has 0 saturated carbocycles. The molecule has 0 radical (unpaired) electrons. The predicted octanol–water partition coefficient (Wildman–Crippen LogP) is 8.60. The molecule has 9 atom stereocenters. The molecule has 5 aromatic rings. The van der Waals surface area contributed by atoms with E-state index in [0.29, 0.717) is 33.0 Å². The molecular weight excluding hydrogens is 733 g/mol. The molecule has 0 amide bonds. The lowest BCUT2D eigenvalue weighted by atomic mass is 9.97. The van der Waals surface area contributed by atoms with Gasteiger partial charge in [0, 0.05) is 0 Å². The second-order valence-corrected chi connectivity index (χ2v) is 14.5. The van der Waals surface area contributed by atoms with Crippen molar-refractivity contribution in [2.24, 2.45) is 0 Å². The third kappa shape index (κ3) is 11.8. The molecule has 2 aliphatic rings. The van der Waals surface area contributed by atoms with Gasteiger partial charge in [0.1, 0.15) is 36.6 Å². The van der Waals surface area contributed by atoms with Gasteiger partial charge < -0.3 is 42.6 Å². The molecule has 7 rings (SSSR count). The fourth-order valence-electron chi connectivity index (χ4n) is 7.21. The first-order valence-corrected chi connectivity index (χ1v) is 20.1. The van der Waals surface area contributed by atoms with Crippen LogP contribution in [0.2, 0.25) is 0 Å². The maximum Gasteiger partial charge on any atom is 0.187 e. The van der Waals surface area contributed by atoms with Crippen molar-refractivity contribution in [3.8, 4) is 0 Å². The summed E-state index contributed by atoms with van der Waals surface area (Å²) in [5.41, 5.74) is 5.09. The van der Waals surface area contributed by atoms with Crippen molar-refractivity contribution in [3.63, 3.8) is 0 Å². The highest BCUT2D eigenvalue weighted by molar-refractivity contribution is 5.17. The molecule has 304 valence electrons. The first-order chi connectivity index (χ1) is 28.6. The normalized spacial score (nSPS) is 25.9. The number of rotatable bonds is 20. The van der Waals surface area contributed by atoms with Gasteiger partial charge in [-0.3, -0.25) is 0 Å². The van der Waals surface area contributed by atoms with Crippen molar-refractivity contribution < 1.29 is 42.6 Å². The van der Waals surface area contributed by atoms with Crippen LogP contribution < -0.4 is 0 Å². The summed E-state index contributed by atoms with van der Waals surface area (Å²) in [4.78, 5) is 0. The lowest BCUT2D eigenvalue weighted by molar-refractivity contribution is -0.364. The molecule has 5 aromatic carbocycles. The Hall–Kier alpha value is -4.52. The van der Waals surface area contributed by atoms with Crippen LogP contribution in [0.3, 0.4) is 0 Å². The first kappa shape index (κ1) is 41.6. The quantitative estimate of drug-likeness (QED) is 0.0721. The Morgan fingerprint density at radius 2 is 0.845 bits per heavy atom. The number of benzene rings is 5. The minimum atomic E-state index is -0.926. The van der Waals surface area contributed by atoms with Gasteiger partial charge in [0.05, 0.1) is 52.4 Å². The van der Waals surface area contributed by atoms with Gasteiger partial charge in [-0.05, 0) is 34.7 Å². The standard InChI is InChI=1S/C49H54O9/c1-3-29-50-48-46(54-33-40-25-15-7-16-26-40)44(42(35-56-48)51-30-37-19-9-4-10-20-37)58-49-47(55-34-41-27-17-8-18-28-41)45(53-32-39-23-13-6-14-24-39)43(36(2)57-49)52-31-38-21-11-5-12-22-38/h3-28,36,42-49H,1,29-35H2,2H3/t36-,42+,43-,44-,45+,46+,47+,48-,49-/m0/s1. The predicted molar refractivity (Wildman–Crippen MR) is 220 cm³/mol. The van der Waals surface area contributed by atoms with Gasteiger partial charge in [0.2, 0.25) is 0 Å². The van der Waals surface area contributed by atoms with E-state index in [2.05, 4.69) is 6.58 Å². The van der Waals surface area contributed by atoms with Gasteiger partial charge >= 0.3 is 0 Å². The fourth-order valence-corrected chi connectivity index (χ4v) is 7.21. The average molecular weight is 787 g/mol. The number of hydrogen-bond donors (Lipinski definition) is 0. The molecule has 2 saturated heterocycles. The molecule has 0 unspecified atom stereocenters. The summed E-state index contributed by atoms with van der Waals surface area (Å²) in [6, 6.07) is 50.3. The lowest BCUT2D eigenvalue weighted by Crippen LogP contribution is -2.64. The Labute approximate surface area is 342 Å². The molecule has 0 N–H and O–H groups in total. The van der Waals surface area contributed by atoms with Crippen molar-refractivity contribution in [2.45, 2.75) is 95.3 Å². The van der Waals surface area contributed by atoms with Crippen molar-refractivity contribution in [2.75, 3.05) is 13.2 Å². The van der Waals surface area contributed by atoms with E-state index in [1.807, 2.05) is 159 Å². The summed E-state index contributed by atoms with van der Waals surface area (Å²) in [5, 5.41) is 0. The van der Waals surface area contributed by atoms with Crippen molar-refractivity contribution in [3.05, 3.63) is 192 Å². The number of ether oxygens (including phenoxy) is 9. The van der Waals surface area contributed by atoms with Crippen molar-refractivity contribution in [1.29, 1.82) is 0 Å². The summed E-state index contributed by atoms with van der Waals surface area (Å²) in [6.45, 7) is 7.94. The Morgan fingerprint density at radius 1 is 0.466 bits per heavy atom. The van der Waals surface area contributed by atoms with Crippen LogP contribution in [-0.2, 0) is 75.7 Å². The van der Waals surface area contributed by atoms with Gasteiger partial charge in [-0.2, -0.15) is 0 Å².